The molecule has 0 aliphatic heterocycles. The largest absolute Gasteiger partial charge is 0.349 e. The summed E-state index contributed by atoms with van der Waals surface area (Å²) in [6, 6.07) is 13.8. The second kappa shape index (κ2) is 6.52. The highest BCUT2D eigenvalue weighted by atomic mass is 15.3. The molecule has 0 saturated heterocycles. The predicted octanol–water partition coefficient (Wildman–Crippen LogP) is 2.27. The molecule has 0 bridgehead atoms. The maximum Gasteiger partial charge on any atom is 0.223 e. The molecule has 3 heterocycles. The number of benzene rings is 1. The molecular formula is C17H16N8. The van der Waals surface area contributed by atoms with Gasteiger partial charge in [-0.2, -0.15) is 10.2 Å². The molecule has 8 nitrogen and oxygen atoms in total. The van der Waals surface area contributed by atoms with Gasteiger partial charge < -0.3 is 5.32 Å². The molecule has 3 aromatic heterocycles. The van der Waals surface area contributed by atoms with Crippen molar-refractivity contribution in [1.82, 2.24) is 34.9 Å². The van der Waals surface area contributed by atoms with Crippen molar-refractivity contribution in [3.05, 3.63) is 60.7 Å². The van der Waals surface area contributed by atoms with Crippen LogP contribution in [0.15, 0.2) is 55.0 Å². The Balaban J connectivity index is 1.47. The van der Waals surface area contributed by atoms with Crippen LogP contribution in [0.4, 0.5) is 5.95 Å². The zero-order chi connectivity index (χ0) is 17.1. The number of aryl methyl sites for hydroxylation is 1. The lowest BCUT2D eigenvalue weighted by molar-refractivity contribution is 0.771. The van der Waals surface area contributed by atoms with E-state index in [2.05, 4.69) is 35.6 Å². The molecule has 2 N–H and O–H groups in total. The van der Waals surface area contributed by atoms with E-state index < -0.39 is 0 Å². The van der Waals surface area contributed by atoms with Crippen molar-refractivity contribution in [3.8, 4) is 22.8 Å². The van der Waals surface area contributed by atoms with E-state index in [-0.39, 0.29) is 0 Å². The molecule has 0 fully saturated rings. The van der Waals surface area contributed by atoms with Gasteiger partial charge in [-0.05, 0) is 12.1 Å². The molecule has 0 atom stereocenters. The lowest BCUT2D eigenvalue weighted by atomic mass is 10.1. The lowest BCUT2D eigenvalue weighted by Crippen LogP contribution is -2.05. The smallest absolute Gasteiger partial charge is 0.223 e. The monoisotopic (exact) mass is 332 g/mol. The molecule has 0 unspecified atom stereocenters. The fourth-order valence-electron chi connectivity index (χ4n) is 2.48. The molecule has 124 valence electrons. The number of H-pyrrole nitrogens is 1. The van der Waals surface area contributed by atoms with Crippen LogP contribution in [0.3, 0.4) is 0 Å². The lowest BCUT2D eigenvalue weighted by Gasteiger charge is -2.04. The van der Waals surface area contributed by atoms with Crippen molar-refractivity contribution >= 4 is 5.95 Å². The predicted molar refractivity (Wildman–Crippen MR) is 93.4 cm³/mol. The molecule has 0 aliphatic carbocycles. The van der Waals surface area contributed by atoms with Gasteiger partial charge in [-0.25, -0.2) is 19.6 Å². The second-order valence-corrected chi connectivity index (χ2v) is 5.47. The number of anilines is 1. The Morgan fingerprint density at radius 3 is 2.76 bits per heavy atom. The number of rotatable bonds is 5. The van der Waals surface area contributed by atoms with Gasteiger partial charge in [-0.3, -0.25) is 5.10 Å². The normalized spacial score (nSPS) is 10.8. The van der Waals surface area contributed by atoms with E-state index in [9.17, 15) is 0 Å². The van der Waals surface area contributed by atoms with Crippen LogP contribution in [0.5, 0.6) is 0 Å². The van der Waals surface area contributed by atoms with Crippen LogP contribution in [0, 0.1) is 0 Å². The first-order chi connectivity index (χ1) is 12.3. The Labute approximate surface area is 144 Å². The minimum absolute atomic E-state index is 0.524. The van der Waals surface area contributed by atoms with Crippen molar-refractivity contribution in [2.75, 3.05) is 5.32 Å². The fraction of sp³-hybridized carbons (Fsp3) is 0.118. The Kier molecular flexibility index (Phi) is 3.91. The summed E-state index contributed by atoms with van der Waals surface area (Å²) in [6.07, 6.45) is 3.20. The number of nitrogens with one attached hydrogen (secondary N) is 2. The molecule has 25 heavy (non-hydrogen) atoms. The van der Waals surface area contributed by atoms with E-state index >= 15 is 0 Å². The summed E-state index contributed by atoms with van der Waals surface area (Å²) in [5.74, 6) is 1.22. The molecule has 0 radical (unpaired) electrons. The third kappa shape index (κ3) is 3.23. The molecule has 0 saturated carbocycles. The average molecular weight is 332 g/mol. The minimum atomic E-state index is 0.524. The number of aromatic nitrogens is 7. The Hall–Kier alpha value is -3.55. The van der Waals surface area contributed by atoms with Crippen molar-refractivity contribution in [1.29, 1.82) is 0 Å². The summed E-state index contributed by atoms with van der Waals surface area (Å²) in [7, 11) is 1.83. The van der Waals surface area contributed by atoms with Crippen LogP contribution >= 0.6 is 0 Å². The number of aromatic amines is 1. The van der Waals surface area contributed by atoms with Crippen molar-refractivity contribution in [3.63, 3.8) is 0 Å². The average Bonchev–Trinajstić information content (AvgIpc) is 3.30. The first-order valence-corrected chi connectivity index (χ1v) is 7.80. The summed E-state index contributed by atoms with van der Waals surface area (Å²) in [4.78, 5) is 12.9. The zero-order valence-corrected chi connectivity index (χ0v) is 13.6. The quantitative estimate of drug-likeness (QED) is 0.582. The highest BCUT2D eigenvalue weighted by Gasteiger charge is 2.08. The third-order valence-corrected chi connectivity index (χ3v) is 3.73. The zero-order valence-electron chi connectivity index (χ0n) is 13.6. The van der Waals surface area contributed by atoms with Gasteiger partial charge in [-0.15, -0.1) is 0 Å². The van der Waals surface area contributed by atoms with Crippen molar-refractivity contribution < 1.29 is 0 Å². The van der Waals surface area contributed by atoms with Crippen molar-refractivity contribution in [2.45, 2.75) is 6.54 Å². The topological polar surface area (TPSA) is 97.2 Å². The first kappa shape index (κ1) is 15.0. The minimum Gasteiger partial charge on any atom is -0.349 e. The molecule has 0 amide bonds. The third-order valence-electron chi connectivity index (χ3n) is 3.73. The van der Waals surface area contributed by atoms with Gasteiger partial charge >= 0.3 is 0 Å². The summed E-state index contributed by atoms with van der Waals surface area (Å²) in [6.45, 7) is 0.544. The van der Waals surface area contributed by atoms with Crippen LogP contribution in [0.25, 0.3) is 22.8 Å². The van der Waals surface area contributed by atoms with Gasteiger partial charge in [0.05, 0.1) is 17.9 Å². The Bertz CT molecular complexity index is 973. The van der Waals surface area contributed by atoms with Gasteiger partial charge in [0, 0.05) is 18.8 Å². The summed E-state index contributed by atoms with van der Waals surface area (Å²) < 4.78 is 1.67. The molecular weight excluding hydrogens is 316 g/mol. The Morgan fingerprint density at radius 2 is 1.96 bits per heavy atom. The van der Waals surface area contributed by atoms with Crippen molar-refractivity contribution in [2.24, 2.45) is 7.05 Å². The highest BCUT2D eigenvalue weighted by Crippen LogP contribution is 2.18. The van der Waals surface area contributed by atoms with E-state index in [1.54, 1.807) is 16.9 Å². The van der Waals surface area contributed by atoms with Crippen LogP contribution in [0.2, 0.25) is 0 Å². The second-order valence-electron chi connectivity index (χ2n) is 5.47. The highest BCUT2D eigenvalue weighted by molar-refractivity contribution is 5.59. The molecule has 8 heteroatoms. The van der Waals surface area contributed by atoms with Gasteiger partial charge in [0.1, 0.15) is 12.0 Å². The molecule has 4 aromatic rings. The van der Waals surface area contributed by atoms with Gasteiger partial charge in [0.15, 0.2) is 5.82 Å². The van der Waals surface area contributed by atoms with Crippen LogP contribution in [-0.4, -0.2) is 34.9 Å². The number of hydrogen-bond acceptors (Lipinski definition) is 6. The molecule has 0 spiro atoms. The summed E-state index contributed by atoms with van der Waals surface area (Å²) >= 11 is 0. The van der Waals surface area contributed by atoms with E-state index in [0.29, 0.717) is 24.0 Å². The van der Waals surface area contributed by atoms with Gasteiger partial charge in [0.25, 0.3) is 0 Å². The van der Waals surface area contributed by atoms with Crippen LogP contribution in [0.1, 0.15) is 5.69 Å². The van der Waals surface area contributed by atoms with E-state index in [1.165, 1.54) is 6.33 Å². The Morgan fingerprint density at radius 1 is 1.08 bits per heavy atom. The standard InChI is InChI=1S/C17H16N8/c1-25-16(20-11-21-25)14-7-8-18-17(22-14)19-10-13-9-15(24-23-13)12-5-3-2-4-6-12/h2-9,11H,10H2,1H3,(H,23,24)(H,18,19,22). The summed E-state index contributed by atoms with van der Waals surface area (Å²) in [5.41, 5.74) is 3.65. The first-order valence-electron chi connectivity index (χ1n) is 7.80. The maximum absolute atomic E-state index is 4.48. The van der Waals surface area contributed by atoms with Gasteiger partial charge in [-0.1, -0.05) is 30.3 Å². The van der Waals surface area contributed by atoms with Crippen LogP contribution in [-0.2, 0) is 13.6 Å². The summed E-state index contributed by atoms with van der Waals surface area (Å²) in [5, 5.41) is 14.6. The SMILES string of the molecule is Cn1ncnc1-c1ccnc(NCc2cc(-c3ccccc3)n[nH]2)n1. The number of hydrogen-bond donors (Lipinski definition) is 2. The van der Waals surface area contributed by atoms with E-state index in [0.717, 1.165) is 17.0 Å². The van der Waals surface area contributed by atoms with Gasteiger partial charge in [0.2, 0.25) is 5.95 Å². The fourth-order valence-corrected chi connectivity index (χ4v) is 2.48. The molecule has 1 aromatic carbocycles. The molecule has 0 aliphatic rings. The van der Waals surface area contributed by atoms with E-state index in [4.69, 9.17) is 0 Å². The van der Waals surface area contributed by atoms with E-state index in [1.807, 2.05) is 43.4 Å². The number of nitrogens with zero attached hydrogens (tertiary/aromatic N) is 6. The molecule has 4 rings (SSSR count). The maximum atomic E-state index is 4.48. The van der Waals surface area contributed by atoms with Crippen LogP contribution < -0.4 is 5.32 Å².